The van der Waals surface area contributed by atoms with Gasteiger partial charge in [0.15, 0.2) is 0 Å². The Hall–Kier alpha value is -1.34. The van der Waals surface area contributed by atoms with Crippen molar-refractivity contribution >= 4 is 24.1 Å². The van der Waals surface area contributed by atoms with Gasteiger partial charge in [0.2, 0.25) is 0 Å². The Kier molecular flexibility index (Phi) is 9.57. The number of methoxy groups -OCH3 is 2. The van der Waals surface area contributed by atoms with Crippen LogP contribution < -0.4 is 9.47 Å². The van der Waals surface area contributed by atoms with Gasteiger partial charge >= 0.3 is 0 Å². The highest BCUT2D eigenvalue weighted by Crippen LogP contribution is 2.28. The summed E-state index contributed by atoms with van der Waals surface area (Å²) in [4.78, 5) is 2.07. The molecule has 2 aromatic rings. The fourth-order valence-electron chi connectivity index (χ4n) is 1.50. The van der Waals surface area contributed by atoms with Crippen molar-refractivity contribution in [2.45, 2.75) is 9.79 Å². The van der Waals surface area contributed by atoms with E-state index in [1.165, 1.54) is 24.1 Å². The Morgan fingerprint density at radius 3 is 1.86 bits per heavy atom. The van der Waals surface area contributed by atoms with Crippen LogP contribution in [-0.4, -0.2) is 28.4 Å². The van der Waals surface area contributed by atoms with Crippen molar-refractivity contribution in [2.24, 2.45) is 0 Å². The van der Waals surface area contributed by atoms with E-state index in [-0.39, 0.29) is 0 Å². The molecule has 0 unspecified atom stereocenters. The Morgan fingerprint density at radius 2 is 1.32 bits per heavy atom. The van der Waals surface area contributed by atoms with E-state index in [1.807, 2.05) is 48.5 Å². The molecule has 0 aliphatic carbocycles. The van der Waals surface area contributed by atoms with Crippen LogP contribution in [0.2, 0.25) is 0 Å². The van der Waals surface area contributed by atoms with Crippen molar-refractivity contribution in [2.75, 3.05) is 28.4 Å². The van der Waals surface area contributed by atoms with Gasteiger partial charge in [-0.3, -0.25) is 0 Å². The number of para-hydroxylation sites is 1. The van der Waals surface area contributed by atoms with Crippen LogP contribution in [0, 0.1) is 0 Å². The van der Waals surface area contributed by atoms with Gasteiger partial charge < -0.3 is 17.8 Å². The lowest BCUT2D eigenvalue weighted by Crippen LogP contribution is -1.84. The minimum Gasteiger partial charge on any atom is -0.497 e. The number of hydrogen-bond acceptors (Lipinski definition) is 6. The van der Waals surface area contributed by atoms with Gasteiger partial charge in [0.05, 0.1) is 33.3 Å². The van der Waals surface area contributed by atoms with Gasteiger partial charge in [0.1, 0.15) is 11.5 Å². The maximum Gasteiger partial charge on any atom is 0.134 e. The van der Waals surface area contributed by atoms with Crippen LogP contribution >= 0.6 is 24.1 Å². The largest absolute Gasteiger partial charge is 0.497 e. The molecule has 2 aromatic carbocycles. The summed E-state index contributed by atoms with van der Waals surface area (Å²) >= 11 is 2.64. The van der Waals surface area contributed by atoms with Gasteiger partial charge in [-0.1, -0.05) is 12.1 Å². The second kappa shape index (κ2) is 11.3. The molecular formula is C16H20O4S2. The normalized spacial score (nSPS) is 9.64. The molecule has 0 saturated heterocycles. The second-order valence-electron chi connectivity index (χ2n) is 3.83. The molecule has 2 rings (SSSR count). The van der Waals surface area contributed by atoms with E-state index in [0.717, 1.165) is 21.3 Å². The quantitative estimate of drug-likeness (QED) is 0.710. The first kappa shape index (κ1) is 18.7. The molecule has 0 heterocycles. The first-order valence-electron chi connectivity index (χ1n) is 6.43. The van der Waals surface area contributed by atoms with Crippen LogP contribution in [0.4, 0.5) is 0 Å². The maximum atomic E-state index is 5.10. The smallest absolute Gasteiger partial charge is 0.134 e. The Morgan fingerprint density at radius 1 is 0.682 bits per heavy atom. The number of rotatable bonds is 6. The van der Waals surface area contributed by atoms with Crippen LogP contribution in [-0.2, 0) is 8.37 Å². The minimum absolute atomic E-state index is 0.847. The summed E-state index contributed by atoms with van der Waals surface area (Å²) in [6, 6.07) is 15.4. The van der Waals surface area contributed by atoms with Gasteiger partial charge in [-0.2, -0.15) is 0 Å². The van der Waals surface area contributed by atoms with Crippen molar-refractivity contribution in [3.63, 3.8) is 0 Å². The molecule has 0 saturated carbocycles. The van der Waals surface area contributed by atoms with Gasteiger partial charge in [0, 0.05) is 29.0 Å². The average Bonchev–Trinajstić information content (AvgIpc) is 2.57. The molecule has 0 N–H and O–H groups in total. The maximum absolute atomic E-state index is 5.10. The van der Waals surface area contributed by atoms with E-state index < -0.39 is 0 Å². The highest BCUT2D eigenvalue weighted by molar-refractivity contribution is 7.95. The zero-order valence-corrected chi connectivity index (χ0v) is 14.7. The van der Waals surface area contributed by atoms with Crippen molar-refractivity contribution in [3.05, 3.63) is 48.5 Å². The number of ether oxygens (including phenoxy) is 2. The molecular weight excluding hydrogens is 320 g/mol. The predicted octanol–water partition coefficient (Wildman–Crippen LogP) is 4.70. The summed E-state index contributed by atoms with van der Waals surface area (Å²) in [7, 11) is 6.58. The van der Waals surface area contributed by atoms with E-state index in [0.29, 0.717) is 0 Å². The third-order valence-electron chi connectivity index (χ3n) is 2.48. The molecule has 4 nitrogen and oxygen atoms in total. The Bertz CT molecular complexity index is 532. The zero-order chi connectivity index (χ0) is 16.2. The first-order valence-corrected chi connectivity index (χ1v) is 7.91. The zero-order valence-electron chi connectivity index (χ0n) is 13.1. The van der Waals surface area contributed by atoms with Crippen molar-refractivity contribution in [1.82, 2.24) is 0 Å². The topological polar surface area (TPSA) is 36.9 Å². The van der Waals surface area contributed by atoms with E-state index in [1.54, 1.807) is 28.4 Å². The Balaban J connectivity index is 0.000000220. The van der Waals surface area contributed by atoms with E-state index in [4.69, 9.17) is 17.8 Å². The average molecular weight is 340 g/mol. The molecule has 0 aromatic heterocycles. The van der Waals surface area contributed by atoms with Crippen molar-refractivity contribution in [1.29, 1.82) is 0 Å². The molecule has 0 atom stereocenters. The van der Waals surface area contributed by atoms with Crippen LogP contribution in [0.3, 0.4) is 0 Å². The standard InChI is InChI=1S/2C8H10O2S/c1-9-7-3-5-8(6-4-7)11-10-2;1-9-7-5-3-4-6-8(7)11-10-2/h2*3-6H,1-2H3. The van der Waals surface area contributed by atoms with Crippen LogP contribution in [0.5, 0.6) is 11.5 Å². The lowest BCUT2D eigenvalue weighted by molar-refractivity contribution is 0.402. The summed E-state index contributed by atoms with van der Waals surface area (Å²) in [6.07, 6.45) is 0. The molecule has 0 radical (unpaired) electrons. The van der Waals surface area contributed by atoms with E-state index in [2.05, 4.69) is 0 Å². The van der Waals surface area contributed by atoms with Crippen molar-refractivity contribution < 1.29 is 17.8 Å². The van der Waals surface area contributed by atoms with Gasteiger partial charge in [0.25, 0.3) is 0 Å². The summed E-state index contributed by atoms with van der Waals surface area (Å²) in [5.41, 5.74) is 0. The molecule has 0 amide bonds. The molecule has 0 bridgehead atoms. The lowest BCUT2D eigenvalue weighted by atomic mass is 10.3. The molecule has 22 heavy (non-hydrogen) atoms. The molecule has 0 fully saturated rings. The van der Waals surface area contributed by atoms with E-state index in [9.17, 15) is 0 Å². The van der Waals surface area contributed by atoms with Gasteiger partial charge in [-0.25, -0.2) is 0 Å². The fourth-order valence-corrected chi connectivity index (χ4v) is 2.49. The van der Waals surface area contributed by atoms with Crippen LogP contribution in [0.15, 0.2) is 58.3 Å². The molecule has 120 valence electrons. The number of benzene rings is 2. The summed E-state index contributed by atoms with van der Waals surface area (Å²) in [6.45, 7) is 0. The monoisotopic (exact) mass is 340 g/mol. The van der Waals surface area contributed by atoms with Gasteiger partial charge in [-0.15, -0.1) is 0 Å². The molecule has 6 heteroatoms. The third-order valence-corrected chi connectivity index (χ3v) is 3.80. The summed E-state index contributed by atoms with van der Waals surface area (Å²) in [5, 5.41) is 0. The highest BCUT2D eigenvalue weighted by atomic mass is 32.2. The lowest BCUT2D eigenvalue weighted by Gasteiger charge is -2.04. The fraction of sp³-hybridized carbons (Fsp3) is 0.250. The van der Waals surface area contributed by atoms with Gasteiger partial charge in [-0.05, 0) is 36.4 Å². The second-order valence-corrected chi connectivity index (χ2v) is 5.74. The van der Waals surface area contributed by atoms with Crippen LogP contribution in [0.1, 0.15) is 0 Å². The summed E-state index contributed by atoms with van der Waals surface area (Å²) < 4.78 is 19.9. The summed E-state index contributed by atoms with van der Waals surface area (Å²) in [5.74, 6) is 1.71. The number of hydrogen-bond donors (Lipinski definition) is 0. The van der Waals surface area contributed by atoms with E-state index >= 15 is 0 Å². The molecule has 0 spiro atoms. The molecule has 0 aliphatic rings. The predicted molar refractivity (Wildman–Crippen MR) is 91.7 cm³/mol. The molecule has 0 aliphatic heterocycles. The SMILES string of the molecule is COSc1ccc(OC)cc1.COSc1ccccc1OC. The van der Waals surface area contributed by atoms with Crippen molar-refractivity contribution in [3.8, 4) is 11.5 Å². The first-order chi connectivity index (χ1) is 10.7. The highest BCUT2D eigenvalue weighted by Gasteiger charge is 2.00. The minimum atomic E-state index is 0.847. The Labute approximate surface area is 140 Å². The van der Waals surface area contributed by atoms with Crippen LogP contribution in [0.25, 0.3) is 0 Å². The third kappa shape index (κ3) is 6.62.